The number of morpholine rings is 1. The summed E-state index contributed by atoms with van der Waals surface area (Å²) in [5.74, 6) is 0.459. The van der Waals surface area contributed by atoms with Crippen LogP contribution < -0.4 is 15.8 Å². The van der Waals surface area contributed by atoms with Gasteiger partial charge in [-0.2, -0.15) is 5.26 Å². The molecule has 1 aliphatic heterocycles. The molecule has 1 aromatic carbocycles. The van der Waals surface area contributed by atoms with Crippen LogP contribution in [0.4, 0.5) is 11.4 Å². The molecule has 0 radical (unpaired) electrons. The van der Waals surface area contributed by atoms with E-state index in [1.165, 1.54) is 0 Å². The maximum atomic E-state index is 12.0. The van der Waals surface area contributed by atoms with Gasteiger partial charge in [0.25, 0.3) is 0 Å². The summed E-state index contributed by atoms with van der Waals surface area (Å²) in [5, 5.41) is 11.6. The molecule has 0 aliphatic carbocycles. The smallest absolute Gasteiger partial charge is 0.238 e. The number of hydrogen-bond donors (Lipinski definition) is 2. The van der Waals surface area contributed by atoms with E-state index in [0.717, 1.165) is 0 Å². The van der Waals surface area contributed by atoms with Gasteiger partial charge in [-0.15, -0.1) is 0 Å². The van der Waals surface area contributed by atoms with E-state index in [-0.39, 0.29) is 12.5 Å². The molecule has 7 nitrogen and oxygen atoms in total. The van der Waals surface area contributed by atoms with E-state index < -0.39 is 6.10 Å². The van der Waals surface area contributed by atoms with Gasteiger partial charge in [-0.1, -0.05) is 0 Å². The first-order chi connectivity index (χ1) is 10.1. The van der Waals surface area contributed by atoms with E-state index in [1.807, 2.05) is 11.0 Å². The largest absolute Gasteiger partial charge is 0.497 e. The molecule has 1 heterocycles. The fourth-order valence-corrected chi connectivity index (χ4v) is 2.10. The van der Waals surface area contributed by atoms with Crippen LogP contribution in [0.15, 0.2) is 18.2 Å². The maximum absolute atomic E-state index is 12.0. The van der Waals surface area contributed by atoms with Gasteiger partial charge in [-0.3, -0.25) is 9.69 Å². The molecule has 0 bridgehead atoms. The Balaban J connectivity index is 1.91. The van der Waals surface area contributed by atoms with E-state index in [9.17, 15) is 4.79 Å². The Morgan fingerprint density at radius 2 is 2.48 bits per heavy atom. The van der Waals surface area contributed by atoms with Gasteiger partial charge in [-0.05, 0) is 12.1 Å². The number of nitrogens with two attached hydrogens (primary N) is 1. The van der Waals surface area contributed by atoms with Gasteiger partial charge < -0.3 is 20.5 Å². The monoisotopic (exact) mass is 290 g/mol. The Kier molecular flexibility index (Phi) is 4.98. The number of nitriles is 1. The summed E-state index contributed by atoms with van der Waals surface area (Å²) in [7, 11) is 1.55. The Bertz CT molecular complexity index is 556. The first-order valence-corrected chi connectivity index (χ1v) is 6.59. The zero-order valence-electron chi connectivity index (χ0n) is 11.8. The first kappa shape index (κ1) is 15.1. The van der Waals surface area contributed by atoms with Crippen LogP contribution in [0.25, 0.3) is 0 Å². The average molecular weight is 290 g/mol. The number of benzene rings is 1. The van der Waals surface area contributed by atoms with Crippen molar-refractivity contribution in [3.05, 3.63) is 18.2 Å². The van der Waals surface area contributed by atoms with Crippen molar-refractivity contribution in [1.29, 1.82) is 5.26 Å². The predicted octanol–water partition coefficient (Wildman–Crippen LogP) is 0.440. The maximum Gasteiger partial charge on any atom is 0.238 e. The zero-order valence-corrected chi connectivity index (χ0v) is 11.8. The number of ether oxygens (including phenoxy) is 2. The highest BCUT2D eigenvalue weighted by Crippen LogP contribution is 2.23. The van der Waals surface area contributed by atoms with Crippen LogP contribution in [0.2, 0.25) is 0 Å². The number of carbonyl (C=O) groups excluding carboxylic acids is 1. The molecule has 7 heteroatoms. The van der Waals surface area contributed by atoms with Crippen molar-refractivity contribution in [1.82, 2.24) is 4.90 Å². The summed E-state index contributed by atoms with van der Waals surface area (Å²) >= 11 is 0. The number of nitrogens with one attached hydrogen (secondary N) is 1. The second-order valence-electron chi connectivity index (χ2n) is 4.73. The second-order valence-corrected chi connectivity index (χ2v) is 4.73. The van der Waals surface area contributed by atoms with Crippen LogP contribution in [-0.2, 0) is 9.53 Å². The Morgan fingerprint density at radius 3 is 3.14 bits per heavy atom. The molecule has 1 atom stereocenters. The molecule has 1 fully saturated rings. The van der Waals surface area contributed by atoms with E-state index in [1.54, 1.807) is 25.3 Å². The molecule has 21 heavy (non-hydrogen) atoms. The molecule has 1 amide bonds. The number of nitrogens with zero attached hydrogens (tertiary/aromatic N) is 2. The lowest BCUT2D eigenvalue weighted by molar-refractivity contribution is -0.118. The molecule has 1 unspecified atom stereocenters. The molecule has 3 N–H and O–H groups in total. The number of amides is 1. The third-order valence-electron chi connectivity index (χ3n) is 3.19. The number of rotatable bonds is 4. The molecule has 1 aliphatic rings. The standard InChI is InChI=1S/C14H18N4O3/c1-20-10-2-3-13(12(16)6-10)17-14(19)9-18-4-5-21-11(7-15)8-18/h2-3,6,11H,4-5,8-9,16H2,1H3,(H,17,19). The Labute approximate surface area is 123 Å². The third kappa shape index (κ3) is 4.08. The summed E-state index contributed by atoms with van der Waals surface area (Å²) < 4.78 is 10.3. The summed E-state index contributed by atoms with van der Waals surface area (Å²) in [5.41, 5.74) is 6.84. The lowest BCUT2D eigenvalue weighted by Gasteiger charge is -2.28. The number of nitrogen functional groups attached to an aromatic ring is 1. The fraction of sp³-hybridized carbons (Fsp3) is 0.429. The normalized spacial score (nSPS) is 18.8. The highest BCUT2D eigenvalue weighted by molar-refractivity contribution is 5.95. The van der Waals surface area contributed by atoms with Gasteiger partial charge >= 0.3 is 0 Å². The lowest BCUT2D eigenvalue weighted by Crippen LogP contribution is -2.45. The molecular weight excluding hydrogens is 272 g/mol. The Hall–Kier alpha value is -2.30. The van der Waals surface area contributed by atoms with Crippen molar-refractivity contribution < 1.29 is 14.3 Å². The van der Waals surface area contributed by atoms with Crippen LogP contribution in [-0.4, -0.2) is 50.3 Å². The highest BCUT2D eigenvalue weighted by Gasteiger charge is 2.21. The molecular formula is C14H18N4O3. The van der Waals surface area contributed by atoms with E-state index in [0.29, 0.717) is 36.8 Å². The van der Waals surface area contributed by atoms with Crippen molar-refractivity contribution in [2.24, 2.45) is 0 Å². The van der Waals surface area contributed by atoms with Crippen molar-refractivity contribution in [2.75, 3.05) is 44.4 Å². The van der Waals surface area contributed by atoms with Crippen LogP contribution in [0.1, 0.15) is 0 Å². The number of hydrogen-bond acceptors (Lipinski definition) is 6. The van der Waals surface area contributed by atoms with Crippen molar-refractivity contribution in [3.63, 3.8) is 0 Å². The highest BCUT2D eigenvalue weighted by atomic mass is 16.5. The molecule has 0 saturated carbocycles. The SMILES string of the molecule is COc1ccc(NC(=O)CN2CCOC(C#N)C2)c(N)c1. The minimum Gasteiger partial charge on any atom is -0.497 e. The Morgan fingerprint density at radius 1 is 1.67 bits per heavy atom. The van der Waals surface area contributed by atoms with Crippen molar-refractivity contribution in [2.45, 2.75) is 6.10 Å². The molecule has 2 rings (SSSR count). The van der Waals surface area contributed by atoms with Gasteiger partial charge in [0.05, 0.1) is 37.7 Å². The molecule has 1 aromatic rings. The fourth-order valence-electron chi connectivity index (χ4n) is 2.10. The quantitative estimate of drug-likeness (QED) is 0.780. The predicted molar refractivity (Wildman–Crippen MR) is 77.8 cm³/mol. The first-order valence-electron chi connectivity index (χ1n) is 6.59. The summed E-state index contributed by atoms with van der Waals surface area (Å²) in [6.45, 7) is 1.72. The van der Waals surface area contributed by atoms with Crippen molar-refractivity contribution >= 4 is 17.3 Å². The van der Waals surface area contributed by atoms with E-state index >= 15 is 0 Å². The number of anilines is 2. The zero-order chi connectivity index (χ0) is 15.2. The molecule has 112 valence electrons. The summed E-state index contributed by atoms with van der Waals surface area (Å²) in [4.78, 5) is 13.9. The molecule has 1 saturated heterocycles. The minimum absolute atomic E-state index is 0.176. The second kappa shape index (κ2) is 6.92. The van der Waals surface area contributed by atoms with E-state index in [4.69, 9.17) is 20.5 Å². The number of carbonyl (C=O) groups is 1. The van der Waals surface area contributed by atoms with Gasteiger partial charge in [0.1, 0.15) is 5.75 Å². The van der Waals surface area contributed by atoms with Gasteiger partial charge in [0.2, 0.25) is 5.91 Å². The summed E-state index contributed by atoms with van der Waals surface area (Å²) in [6.07, 6.45) is -0.474. The summed E-state index contributed by atoms with van der Waals surface area (Å²) in [6, 6.07) is 7.12. The van der Waals surface area contributed by atoms with Crippen LogP contribution >= 0.6 is 0 Å². The molecule has 0 aromatic heterocycles. The van der Waals surface area contributed by atoms with Gasteiger partial charge in [-0.25, -0.2) is 0 Å². The van der Waals surface area contributed by atoms with Gasteiger partial charge in [0, 0.05) is 19.2 Å². The minimum atomic E-state index is -0.474. The van der Waals surface area contributed by atoms with E-state index in [2.05, 4.69) is 5.32 Å². The molecule has 0 spiro atoms. The average Bonchev–Trinajstić information content (AvgIpc) is 2.49. The topological polar surface area (TPSA) is 101 Å². The van der Waals surface area contributed by atoms with Gasteiger partial charge in [0.15, 0.2) is 6.10 Å². The third-order valence-corrected chi connectivity index (χ3v) is 3.19. The number of methoxy groups -OCH3 is 1. The van der Waals surface area contributed by atoms with Crippen LogP contribution in [0, 0.1) is 11.3 Å². The lowest BCUT2D eigenvalue weighted by atomic mass is 10.2. The van der Waals surface area contributed by atoms with Crippen LogP contribution in [0.3, 0.4) is 0 Å². The van der Waals surface area contributed by atoms with Crippen molar-refractivity contribution in [3.8, 4) is 11.8 Å². The van der Waals surface area contributed by atoms with Crippen LogP contribution in [0.5, 0.6) is 5.75 Å².